The first-order valence-corrected chi connectivity index (χ1v) is 7.50. The average Bonchev–Trinajstić information content (AvgIpc) is 2.48. The van der Waals surface area contributed by atoms with E-state index in [1.54, 1.807) is 7.11 Å². The summed E-state index contributed by atoms with van der Waals surface area (Å²) < 4.78 is 5.39. The van der Waals surface area contributed by atoms with Crippen molar-refractivity contribution in [2.24, 2.45) is 0 Å². The zero-order valence-electron chi connectivity index (χ0n) is 13.0. The molecule has 2 aromatic carbocycles. The molecule has 0 aliphatic carbocycles. The molecule has 112 valence electrons. The number of hydrogen-bond donors (Lipinski definition) is 1. The van der Waals surface area contributed by atoms with Crippen LogP contribution in [-0.2, 0) is 6.42 Å². The van der Waals surface area contributed by atoms with Crippen LogP contribution < -0.4 is 10.1 Å². The Balaban J connectivity index is 2.34. The van der Waals surface area contributed by atoms with Gasteiger partial charge < -0.3 is 10.1 Å². The van der Waals surface area contributed by atoms with Crippen molar-refractivity contribution >= 4 is 11.6 Å². The molecule has 0 aliphatic rings. The SMILES string of the molecule is CNC(Cc1ccccc1Cl)c1cc(C)c(OC)cc1C. The van der Waals surface area contributed by atoms with E-state index in [1.165, 1.54) is 11.1 Å². The Hall–Kier alpha value is -1.51. The fraction of sp³-hybridized carbons (Fsp3) is 0.333. The first kappa shape index (κ1) is 15.9. The number of aryl methyl sites for hydroxylation is 2. The van der Waals surface area contributed by atoms with E-state index in [2.05, 4.69) is 37.4 Å². The highest BCUT2D eigenvalue weighted by molar-refractivity contribution is 6.31. The fourth-order valence-electron chi connectivity index (χ4n) is 2.66. The quantitative estimate of drug-likeness (QED) is 0.880. The zero-order chi connectivity index (χ0) is 15.4. The largest absolute Gasteiger partial charge is 0.496 e. The first-order chi connectivity index (χ1) is 10.1. The van der Waals surface area contributed by atoms with E-state index in [0.29, 0.717) is 0 Å². The molecule has 0 saturated carbocycles. The summed E-state index contributed by atoms with van der Waals surface area (Å²) in [7, 11) is 3.70. The minimum absolute atomic E-state index is 0.231. The molecule has 0 spiro atoms. The topological polar surface area (TPSA) is 21.3 Å². The van der Waals surface area contributed by atoms with Crippen LogP contribution in [0.4, 0.5) is 0 Å². The van der Waals surface area contributed by atoms with E-state index >= 15 is 0 Å². The smallest absolute Gasteiger partial charge is 0.122 e. The molecule has 0 fully saturated rings. The minimum Gasteiger partial charge on any atom is -0.496 e. The highest BCUT2D eigenvalue weighted by atomic mass is 35.5. The lowest BCUT2D eigenvalue weighted by Crippen LogP contribution is -2.20. The molecule has 0 aromatic heterocycles. The lowest BCUT2D eigenvalue weighted by Gasteiger charge is -2.21. The minimum atomic E-state index is 0.231. The number of nitrogens with one attached hydrogen (secondary N) is 1. The highest BCUT2D eigenvalue weighted by Crippen LogP contribution is 2.29. The van der Waals surface area contributed by atoms with Gasteiger partial charge in [-0.1, -0.05) is 35.9 Å². The third-order valence-electron chi connectivity index (χ3n) is 3.89. The second-order valence-electron chi connectivity index (χ2n) is 5.32. The van der Waals surface area contributed by atoms with E-state index in [0.717, 1.165) is 28.3 Å². The van der Waals surface area contributed by atoms with Gasteiger partial charge in [-0.25, -0.2) is 0 Å². The molecule has 0 amide bonds. The van der Waals surface area contributed by atoms with Gasteiger partial charge in [-0.05, 0) is 61.7 Å². The molecular weight excluding hydrogens is 282 g/mol. The molecule has 0 bridgehead atoms. The monoisotopic (exact) mass is 303 g/mol. The van der Waals surface area contributed by atoms with Crippen LogP contribution in [-0.4, -0.2) is 14.2 Å². The number of benzene rings is 2. The van der Waals surface area contributed by atoms with Gasteiger partial charge in [0, 0.05) is 11.1 Å². The number of ether oxygens (including phenoxy) is 1. The lowest BCUT2D eigenvalue weighted by atomic mass is 9.93. The fourth-order valence-corrected chi connectivity index (χ4v) is 2.87. The van der Waals surface area contributed by atoms with Crippen molar-refractivity contribution in [3.05, 3.63) is 63.7 Å². The molecule has 0 aliphatic heterocycles. The van der Waals surface area contributed by atoms with Crippen molar-refractivity contribution in [3.63, 3.8) is 0 Å². The van der Waals surface area contributed by atoms with Gasteiger partial charge in [0.15, 0.2) is 0 Å². The Labute approximate surface area is 132 Å². The van der Waals surface area contributed by atoms with Crippen molar-refractivity contribution in [2.75, 3.05) is 14.2 Å². The maximum Gasteiger partial charge on any atom is 0.122 e. The van der Waals surface area contributed by atoms with Crippen molar-refractivity contribution < 1.29 is 4.74 Å². The maximum absolute atomic E-state index is 6.28. The van der Waals surface area contributed by atoms with Gasteiger partial charge >= 0.3 is 0 Å². The summed E-state index contributed by atoms with van der Waals surface area (Å²) in [4.78, 5) is 0. The third-order valence-corrected chi connectivity index (χ3v) is 4.26. The van der Waals surface area contributed by atoms with Crippen molar-refractivity contribution in [1.82, 2.24) is 5.32 Å². The Morgan fingerprint density at radius 3 is 2.48 bits per heavy atom. The number of hydrogen-bond acceptors (Lipinski definition) is 2. The van der Waals surface area contributed by atoms with Crippen LogP contribution in [0.2, 0.25) is 5.02 Å². The van der Waals surface area contributed by atoms with Gasteiger partial charge in [0.2, 0.25) is 0 Å². The molecule has 2 rings (SSSR count). The summed E-state index contributed by atoms with van der Waals surface area (Å²) in [5.41, 5.74) is 4.82. The predicted molar refractivity (Wildman–Crippen MR) is 89.4 cm³/mol. The van der Waals surface area contributed by atoms with Crippen LogP contribution in [0.25, 0.3) is 0 Å². The van der Waals surface area contributed by atoms with Gasteiger partial charge in [0.1, 0.15) is 5.75 Å². The summed E-state index contributed by atoms with van der Waals surface area (Å²) in [6, 6.07) is 12.5. The molecule has 0 heterocycles. The van der Waals surface area contributed by atoms with E-state index < -0.39 is 0 Å². The van der Waals surface area contributed by atoms with E-state index in [1.807, 2.05) is 25.2 Å². The van der Waals surface area contributed by atoms with Crippen LogP contribution in [0.1, 0.15) is 28.3 Å². The first-order valence-electron chi connectivity index (χ1n) is 7.12. The summed E-state index contributed by atoms with van der Waals surface area (Å²) in [5.74, 6) is 0.934. The molecular formula is C18H22ClNO. The molecule has 2 nitrogen and oxygen atoms in total. The molecule has 1 N–H and O–H groups in total. The molecule has 0 radical (unpaired) electrons. The second-order valence-corrected chi connectivity index (χ2v) is 5.72. The number of methoxy groups -OCH3 is 1. The Morgan fingerprint density at radius 1 is 1.14 bits per heavy atom. The van der Waals surface area contributed by atoms with Gasteiger partial charge in [0.05, 0.1) is 7.11 Å². The molecule has 1 atom stereocenters. The van der Waals surface area contributed by atoms with E-state index in [-0.39, 0.29) is 6.04 Å². The summed E-state index contributed by atoms with van der Waals surface area (Å²) in [6.45, 7) is 4.19. The average molecular weight is 304 g/mol. The highest BCUT2D eigenvalue weighted by Gasteiger charge is 2.16. The van der Waals surface area contributed by atoms with Crippen molar-refractivity contribution in [3.8, 4) is 5.75 Å². The number of rotatable bonds is 5. The van der Waals surface area contributed by atoms with Crippen molar-refractivity contribution in [1.29, 1.82) is 0 Å². The Bertz CT molecular complexity index is 625. The number of likely N-dealkylation sites (N-methyl/N-ethyl adjacent to an activating group) is 1. The Kier molecular flexibility index (Phi) is 5.27. The van der Waals surface area contributed by atoms with Crippen LogP contribution >= 0.6 is 11.6 Å². The molecule has 21 heavy (non-hydrogen) atoms. The molecule has 2 aromatic rings. The van der Waals surface area contributed by atoms with Crippen LogP contribution in [0, 0.1) is 13.8 Å². The van der Waals surface area contributed by atoms with Crippen LogP contribution in [0.15, 0.2) is 36.4 Å². The zero-order valence-corrected chi connectivity index (χ0v) is 13.8. The van der Waals surface area contributed by atoms with Crippen LogP contribution in [0.3, 0.4) is 0 Å². The van der Waals surface area contributed by atoms with Gasteiger partial charge in [-0.15, -0.1) is 0 Å². The summed E-state index contributed by atoms with van der Waals surface area (Å²) >= 11 is 6.28. The summed E-state index contributed by atoms with van der Waals surface area (Å²) in [5, 5.41) is 4.22. The van der Waals surface area contributed by atoms with Gasteiger partial charge in [0.25, 0.3) is 0 Å². The number of halogens is 1. The molecule has 1 unspecified atom stereocenters. The standard InChI is InChI=1S/C18H22ClNO/c1-12-10-18(21-4)13(2)9-15(12)17(20-3)11-14-7-5-6-8-16(14)19/h5-10,17,20H,11H2,1-4H3. The van der Waals surface area contributed by atoms with Gasteiger partial charge in [-0.2, -0.15) is 0 Å². The van der Waals surface area contributed by atoms with Crippen LogP contribution in [0.5, 0.6) is 5.75 Å². The van der Waals surface area contributed by atoms with E-state index in [9.17, 15) is 0 Å². The van der Waals surface area contributed by atoms with E-state index in [4.69, 9.17) is 16.3 Å². The Morgan fingerprint density at radius 2 is 1.86 bits per heavy atom. The van der Waals surface area contributed by atoms with Gasteiger partial charge in [-0.3, -0.25) is 0 Å². The normalized spacial score (nSPS) is 12.2. The molecule has 0 saturated heterocycles. The lowest BCUT2D eigenvalue weighted by molar-refractivity contribution is 0.410. The van der Waals surface area contributed by atoms with Crippen molar-refractivity contribution in [2.45, 2.75) is 26.3 Å². The predicted octanol–water partition coefficient (Wildman–Crippen LogP) is 4.47. The molecule has 3 heteroatoms. The third kappa shape index (κ3) is 3.58. The second kappa shape index (κ2) is 6.97. The summed E-state index contributed by atoms with van der Waals surface area (Å²) in [6.07, 6.45) is 0.864. The maximum atomic E-state index is 6.28.